The van der Waals surface area contributed by atoms with Gasteiger partial charge in [-0.2, -0.15) is 0 Å². The molecule has 1 aliphatic carbocycles. The van der Waals surface area contributed by atoms with E-state index in [9.17, 15) is 5.11 Å². The number of aliphatic hydroxyl groups is 1. The van der Waals surface area contributed by atoms with Crippen LogP contribution in [0.2, 0.25) is 0 Å². The zero-order chi connectivity index (χ0) is 13.0. The molecule has 0 spiro atoms. The molecule has 18 heavy (non-hydrogen) atoms. The van der Waals surface area contributed by atoms with E-state index in [1.165, 1.54) is 37.0 Å². The van der Waals surface area contributed by atoms with E-state index in [4.69, 9.17) is 0 Å². The number of thioether (sulfide) groups is 1. The summed E-state index contributed by atoms with van der Waals surface area (Å²) < 4.78 is 0. The number of benzene rings is 1. The highest BCUT2D eigenvalue weighted by atomic mass is 32.2. The molecular formula is C16H24OS. The Hall–Kier alpha value is -0.470. The summed E-state index contributed by atoms with van der Waals surface area (Å²) >= 11 is 1.75. The van der Waals surface area contributed by atoms with Gasteiger partial charge in [-0.15, -0.1) is 11.8 Å². The number of rotatable bonds is 4. The summed E-state index contributed by atoms with van der Waals surface area (Å²) in [6, 6.07) is 8.41. The zero-order valence-electron chi connectivity index (χ0n) is 11.4. The van der Waals surface area contributed by atoms with Gasteiger partial charge in [0.05, 0.1) is 6.10 Å². The van der Waals surface area contributed by atoms with Crippen LogP contribution in [0.4, 0.5) is 0 Å². The molecule has 3 atom stereocenters. The lowest BCUT2D eigenvalue weighted by Crippen LogP contribution is -2.21. The Morgan fingerprint density at radius 1 is 1.28 bits per heavy atom. The van der Waals surface area contributed by atoms with Gasteiger partial charge < -0.3 is 5.11 Å². The molecule has 1 aromatic rings. The predicted octanol–water partition coefficient (Wildman–Crippen LogP) is 4.66. The average molecular weight is 264 g/mol. The van der Waals surface area contributed by atoms with Crippen molar-refractivity contribution in [2.45, 2.75) is 50.0 Å². The second-order valence-electron chi connectivity index (χ2n) is 5.42. The third kappa shape index (κ3) is 3.30. The van der Waals surface area contributed by atoms with Crippen molar-refractivity contribution >= 4 is 11.8 Å². The molecule has 100 valence electrons. The first-order valence-corrected chi connectivity index (χ1v) is 8.29. The normalized spacial score (nSPS) is 25.9. The molecule has 1 fully saturated rings. The van der Waals surface area contributed by atoms with Gasteiger partial charge in [-0.3, -0.25) is 0 Å². The lowest BCUT2D eigenvalue weighted by molar-refractivity contribution is 0.0678. The summed E-state index contributed by atoms with van der Waals surface area (Å²) in [7, 11) is 0. The third-order valence-electron chi connectivity index (χ3n) is 4.30. The van der Waals surface area contributed by atoms with Gasteiger partial charge in [-0.05, 0) is 48.6 Å². The second kappa shape index (κ2) is 6.63. The summed E-state index contributed by atoms with van der Waals surface area (Å²) in [6.07, 6.45) is 8.08. The third-order valence-corrected chi connectivity index (χ3v) is 5.05. The minimum Gasteiger partial charge on any atom is -0.388 e. The van der Waals surface area contributed by atoms with E-state index < -0.39 is 0 Å². The minimum absolute atomic E-state index is 0.268. The first-order valence-electron chi connectivity index (χ1n) is 7.06. The van der Waals surface area contributed by atoms with Crippen LogP contribution in [0.1, 0.15) is 50.7 Å². The topological polar surface area (TPSA) is 20.2 Å². The number of hydrogen-bond donors (Lipinski definition) is 1. The monoisotopic (exact) mass is 264 g/mol. The molecule has 2 heteroatoms. The van der Waals surface area contributed by atoms with Crippen LogP contribution in [0.5, 0.6) is 0 Å². The van der Waals surface area contributed by atoms with Crippen LogP contribution in [0.25, 0.3) is 0 Å². The second-order valence-corrected chi connectivity index (χ2v) is 6.30. The van der Waals surface area contributed by atoms with Crippen molar-refractivity contribution < 1.29 is 5.11 Å². The molecule has 0 saturated heterocycles. The van der Waals surface area contributed by atoms with Gasteiger partial charge in [0.25, 0.3) is 0 Å². The average Bonchev–Trinajstić information content (AvgIpc) is 2.46. The molecule has 1 aromatic carbocycles. The zero-order valence-corrected chi connectivity index (χ0v) is 12.2. The molecule has 2 rings (SSSR count). The highest BCUT2D eigenvalue weighted by Gasteiger charge is 2.27. The van der Waals surface area contributed by atoms with Crippen LogP contribution in [0.3, 0.4) is 0 Å². The fourth-order valence-electron chi connectivity index (χ4n) is 3.06. The molecule has 0 radical (unpaired) electrons. The Labute approximate surface area is 115 Å². The maximum atomic E-state index is 10.5. The van der Waals surface area contributed by atoms with E-state index in [2.05, 4.69) is 37.4 Å². The van der Waals surface area contributed by atoms with Crippen molar-refractivity contribution in [3.05, 3.63) is 29.8 Å². The van der Waals surface area contributed by atoms with E-state index in [-0.39, 0.29) is 6.10 Å². The van der Waals surface area contributed by atoms with Gasteiger partial charge in [-0.25, -0.2) is 0 Å². The summed E-state index contributed by atoms with van der Waals surface area (Å²) in [4.78, 5) is 1.26. The van der Waals surface area contributed by atoms with Crippen LogP contribution >= 0.6 is 11.8 Å². The van der Waals surface area contributed by atoms with E-state index in [1.807, 2.05) is 0 Å². The van der Waals surface area contributed by atoms with E-state index >= 15 is 0 Å². The SMILES string of the molecule is CCC1CCCC(C(O)c2ccc(SC)cc2)C1. The van der Waals surface area contributed by atoms with Crippen molar-refractivity contribution in [2.75, 3.05) is 6.26 Å². The van der Waals surface area contributed by atoms with Crippen molar-refractivity contribution in [3.8, 4) is 0 Å². The van der Waals surface area contributed by atoms with Crippen molar-refractivity contribution in [1.82, 2.24) is 0 Å². The van der Waals surface area contributed by atoms with Crippen molar-refractivity contribution in [1.29, 1.82) is 0 Å². The maximum Gasteiger partial charge on any atom is 0.0818 e. The molecule has 0 amide bonds. The Morgan fingerprint density at radius 3 is 2.61 bits per heavy atom. The minimum atomic E-state index is -0.268. The number of hydrogen-bond acceptors (Lipinski definition) is 2. The van der Waals surface area contributed by atoms with Crippen LogP contribution in [0, 0.1) is 11.8 Å². The standard InChI is InChI=1S/C16H24OS/c1-3-12-5-4-6-14(11-12)16(17)13-7-9-15(18-2)10-8-13/h7-10,12,14,16-17H,3-6,11H2,1-2H3. The highest BCUT2D eigenvalue weighted by Crippen LogP contribution is 2.38. The van der Waals surface area contributed by atoms with Gasteiger partial charge in [0.1, 0.15) is 0 Å². The van der Waals surface area contributed by atoms with E-state index in [0.717, 1.165) is 11.5 Å². The summed E-state index contributed by atoms with van der Waals surface area (Å²) in [5, 5.41) is 10.5. The number of aliphatic hydroxyl groups excluding tert-OH is 1. The van der Waals surface area contributed by atoms with Gasteiger partial charge in [-0.1, -0.05) is 38.3 Å². The Kier molecular flexibility index (Phi) is 5.13. The van der Waals surface area contributed by atoms with E-state index in [0.29, 0.717) is 5.92 Å². The van der Waals surface area contributed by atoms with Gasteiger partial charge >= 0.3 is 0 Å². The molecule has 0 bridgehead atoms. The maximum absolute atomic E-state index is 10.5. The Bertz CT molecular complexity index is 360. The quantitative estimate of drug-likeness (QED) is 0.798. The van der Waals surface area contributed by atoms with Crippen LogP contribution in [-0.2, 0) is 0 Å². The summed E-state index contributed by atoms with van der Waals surface area (Å²) in [6.45, 7) is 2.27. The van der Waals surface area contributed by atoms with Crippen LogP contribution in [0.15, 0.2) is 29.2 Å². The summed E-state index contributed by atoms with van der Waals surface area (Å²) in [5.41, 5.74) is 1.09. The summed E-state index contributed by atoms with van der Waals surface area (Å²) in [5.74, 6) is 1.28. The lowest BCUT2D eigenvalue weighted by atomic mass is 9.76. The van der Waals surface area contributed by atoms with E-state index in [1.54, 1.807) is 11.8 Å². The van der Waals surface area contributed by atoms with Crippen LogP contribution in [-0.4, -0.2) is 11.4 Å². The molecule has 0 heterocycles. The first kappa shape index (κ1) is 14.0. The molecule has 0 aliphatic heterocycles. The fourth-order valence-corrected chi connectivity index (χ4v) is 3.47. The Morgan fingerprint density at radius 2 is 2.00 bits per heavy atom. The molecule has 1 saturated carbocycles. The van der Waals surface area contributed by atoms with Gasteiger partial charge in [0.15, 0.2) is 0 Å². The largest absolute Gasteiger partial charge is 0.388 e. The molecular weight excluding hydrogens is 240 g/mol. The smallest absolute Gasteiger partial charge is 0.0818 e. The molecule has 1 N–H and O–H groups in total. The highest BCUT2D eigenvalue weighted by molar-refractivity contribution is 7.98. The molecule has 1 aliphatic rings. The first-order chi connectivity index (χ1) is 8.74. The van der Waals surface area contributed by atoms with Gasteiger partial charge in [0, 0.05) is 4.90 Å². The van der Waals surface area contributed by atoms with Gasteiger partial charge in [0.2, 0.25) is 0 Å². The predicted molar refractivity (Wildman–Crippen MR) is 78.9 cm³/mol. The van der Waals surface area contributed by atoms with Crippen LogP contribution < -0.4 is 0 Å². The van der Waals surface area contributed by atoms with Crippen molar-refractivity contribution in [3.63, 3.8) is 0 Å². The molecule has 0 aromatic heterocycles. The Balaban J connectivity index is 2.02. The molecule has 1 nitrogen and oxygen atoms in total. The van der Waals surface area contributed by atoms with Crippen molar-refractivity contribution in [2.24, 2.45) is 11.8 Å². The molecule has 3 unspecified atom stereocenters. The lowest BCUT2D eigenvalue weighted by Gasteiger charge is -2.32. The fraction of sp³-hybridized carbons (Fsp3) is 0.625.